The van der Waals surface area contributed by atoms with Crippen molar-refractivity contribution in [3.63, 3.8) is 0 Å². The summed E-state index contributed by atoms with van der Waals surface area (Å²) in [6.07, 6.45) is 4.61. The lowest BCUT2D eigenvalue weighted by molar-refractivity contribution is -0.126. The molecule has 2 aliphatic rings. The first kappa shape index (κ1) is 16.1. The van der Waals surface area contributed by atoms with Gasteiger partial charge >= 0.3 is 0 Å². The van der Waals surface area contributed by atoms with Crippen LogP contribution in [0.25, 0.3) is 0 Å². The van der Waals surface area contributed by atoms with Crippen molar-refractivity contribution in [3.8, 4) is 11.5 Å². The molecule has 0 radical (unpaired) electrons. The number of nitrogens with one attached hydrogen (secondary N) is 1. The van der Waals surface area contributed by atoms with E-state index in [4.69, 9.17) is 9.47 Å². The molecule has 1 amide bonds. The Morgan fingerprint density at radius 1 is 1.35 bits per heavy atom. The van der Waals surface area contributed by atoms with Crippen LogP contribution in [0.1, 0.15) is 24.8 Å². The normalized spacial score (nSPS) is 21.2. The molecule has 0 aromatic heterocycles. The molecule has 3 rings (SSSR count). The van der Waals surface area contributed by atoms with Gasteiger partial charge in [0.2, 0.25) is 5.91 Å². The standard InChI is InChI=1S/C18H26N2O3/c1-22-16-5-6-17-14(12-16)11-15(13-23-17)18(21)19-7-10-20-8-3-2-4-9-20/h5-6,12,15H,2-4,7-11,13H2,1H3,(H,19,21). The van der Waals surface area contributed by atoms with E-state index in [0.717, 1.165) is 43.2 Å². The van der Waals surface area contributed by atoms with Crippen LogP contribution < -0.4 is 14.8 Å². The fourth-order valence-electron chi connectivity index (χ4n) is 3.33. The first-order valence-electron chi connectivity index (χ1n) is 8.56. The first-order valence-corrected chi connectivity index (χ1v) is 8.56. The monoisotopic (exact) mass is 318 g/mol. The lowest BCUT2D eigenvalue weighted by Gasteiger charge is -2.27. The molecular formula is C18H26N2O3. The van der Waals surface area contributed by atoms with Crippen molar-refractivity contribution in [2.75, 3.05) is 39.9 Å². The zero-order chi connectivity index (χ0) is 16.1. The number of hydrogen-bond donors (Lipinski definition) is 1. The van der Waals surface area contributed by atoms with Crippen LogP contribution in [-0.2, 0) is 11.2 Å². The second-order valence-electron chi connectivity index (χ2n) is 6.38. The number of amides is 1. The Kier molecular flexibility index (Phi) is 5.39. The van der Waals surface area contributed by atoms with Crippen LogP contribution in [-0.4, -0.2) is 50.7 Å². The molecule has 1 aromatic rings. The highest BCUT2D eigenvalue weighted by molar-refractivity contribution is 5.79. The highest BCUT2D eigenvalue weighted by atomic mass is 16.5. The zero-order valence-electron chi connectivity index (χ0n) is 13.8. The molecule has 0 aliphatic carbocycles. The number of carbonyl (C=O) groups excluding carboxylic acids is 1. The third-order valence-corrected chi connectivity index (χ3v) is 4.72. The molecular weight excluding hydrogens is 292 g/mol. The van der Waals surface area contributed by atoms with Crippen LogP contribution in [0.4, 0.5) is 0 Å². The zero-order valence-corrected chi connectivity index (χ0v) is 13.8. The smallest absolute Gasteiger partial charge is 0.226 e. The molecule has 2 aliphatic heterocycles. The second kappa shape index (κ2) is 7.68. The first-order chi connectivity index (χ1) is 11.3. The van der Waals surface area contributed by atoms with Gasteiger partial charge in [-0.2, -0.15) is 0 Å². The quantitative estimate of drug-likeness (QED) is 0.900. The van der Waals surface area contributed by atoms with Crippen molar-refractivity contribution >= 4 is 5.91 Å². The summed E-state index contributed by atoms with van der Waals surface area (Å²) in [5, 5.41) is 3.07. The van der Waals surface area contributed by atoms with Gasteiger partial charge in [0.1, 0.15) is 18.1 Å². The van der Waals surface area contributed by atoms with E-state index in [2.05, 4.69) is 10.2 Å². The van der Waals surface area contributed by atoms with E-state index in [0.29, 0.717) is 13.0 Å². The topological polar surface area (TPSA) is 50.8 Å². The Bertz CT molecular complexity index is 541. The SMILES string of the molecule is COc1ccc2c(c1)CC(C(=O)NCCN1CCCCC1)CO2. The minimum atomic E-state index is -0.115. The summed E-state index contributed by atoms with van der Waals surface area (Å²) in [6.45, 7) is 4.45. The van der Waals surface area contributed by atoms with Gasteiger partial charge in [-0.05, 0) is 56.1 Å². The molecule has 1 N–H and O–H groups in total. The number of nitrogens with zero attached hydrogens (tertiary/aromatic N) is 1. The van der Waals surface area contributed by atoms with Crippen molar-refractivity contribution in [2.24, 2.45) is 5.92 Å². The highest BCUT2D eigenvalue weighted by Crippen LogP contribution is 2.30. The maximum Gasteiger partial charge on any atom is 0.226 e. The lowest BCUT2D eigenvalue weighted by Crippen LogP contribution is -2.42. The summed E-state index contributed by atoms with van der Waals surface area (Å²) in [4.78, 5) is 14.8. The highest BCUT2D eigenvalue weighted by Gasteiger charge is 2.26. The fraction of sp³-hybridized carbons (Fsp3) is 0.611. The summed E-state index contributed by atoms with van der Waals surface area (Å²) in [5.41, 5.74) is 1.05. The van der Waals surface area contributed by atoms with Gasteiger partial charge in [0.25, 0.3) is 0 Å². The number of carbonyl (C=O) groups is 1. The Labute approximate surface area is 137 Å². The summed E-state index contributed by atoms with van der Waals surface area (Å²) in [6, 6.07) is 5.76. The van der Waals surface area contributed by atoms with E-state index in [-0.39, 0.29) is 11.8 Å². The van der Waals surface area contributed by atoms with Gasteiger partial charge in [-0.25, -0.2) is 0 Å². The van der Waals surface area contributed by atoms with Crippen molar-refractivity contribution in [1.82, 2.24) is 10.2 Å². The van der Waals surface area contributed by atoms with Crippen molar-refractivity contribution < 1.29 is 14.3 Å². The van der Waals surface area contributed by atoms with Crippen LogP contribution >= 0.6 is 0 Å². The van der Waals surface area contributed by atoms with E-state index < -0.39 is 0 Å². The van der Waals surface area contributed by atoms with Crippen molar-refractivity contribution in [2.45, 2.75) is 25.7 Å². The number of likely N-dealkylation sites (tertiary alicyclic amines) is 1. The van der Waals surface area contributed by atoms with Crippen LogP contribution in [0.2, 0.25) is 0 Å². The third kappa shape index (κ3) is 4.16. The van der Waals surface area contributed by atoms with E-state index in [9.17, 15) is 4.79 Å². The third-order valence-electron chi connectivity index (χ3n) is 4.72. The van der Waals surface area contributed by atoms with Gasteiger partial charge in [-0.15, -0.1) is 0 Å². The molecule has 1 aromatic carbocycles. The molecule has 0 spiro atoms. The Balaban J connectivity index is 1.48. The number of methoxy groups -OCH3 is 1. The second-order valence-corrected chi connectivity index (χ2v) is 6.38. The minimum Gasteiger partial charge on any atom is -0.497 e. The van der Waals surface area contributed by atoms with Crippen LogP contribution in [0, 0.1) is 5.92 Å². The van der Waals surface area contributed by atoms with E-state index in [1.165, 1.54) is 19.3 Å². The van der Waals surface area contributed by atoms with Gasteiger partial charge in [0.05, 0.1) is 13.0 Å². The number of ether oxygens (including phenoxy) is 2. The maximum atomic E-state index is 12.4. The Morgan fingerprint density at radius 3 is 2.96 bits per heavy atom. The number of benzene rings is 1. The minimum absolute atomic E-state index is 0.0930. The molecule has 5 nitrogen and oxygen atoms in total. The maximum absolute atomic E-state index is 12.4. The molecule has 5 heteroatoms. The number of rotatable bonds is 5. The lowest BCUT2D eigenvalue weighted by atomic mass is 9.96. The molecule has 1 unspecified atom stereocenters. The van der Waals surface area contributed by atoms with Gasteiger partial charge in [0, 0.05) is 13.1 Å². The van der Waals surface area contributed by atoms with Gasteiger partial charge in [-0.1, -0.05) is 6.42 Å². The molecule has 0 bridgehead atoms. The van der Waals surface area contributed by atoms with Crippen LogP contribution in [0.5, 0.6) is 11.5 Å². The average molecular weight is 318 g/mol. The number of piperidine rings is 1. The van der Waals surface area contributed by atoms with Crippen LogP contribution in [0.3, 0.4) is 0 Å². The molecule has 1 atom stereocenters. The van der Waals surface area contributed by atoms with Crippen molar-refractivity contribution in [1.29, 1.82) is 0 Å². The fourth-order valence-corrected chi connectivity index (χ4v) is 3.33. The van der Waals surface area contributed by atoms with E-state index >= 15 is 0 Å². The molecule has 1 fully saturated rings. The number of fused-ring (bicyclic) bond motifs is 1. The number of hydrogen-bond acceptors (Lipinski definition) is 4. The summed E-state index contributed by atoms with van der Waals surface area (Å²) in [7, 11) is 1.65. The van der Waals surface area contributed by atoms with Crippen molar-refractivity contribution in [3.05, 3.63) is 23.8 Å². The van der Waals surface area contributed by atoms with E-state index in [1.807, 2.05) is 18.2 Å². The molecule has 2 heterocycles. The average Bonchev–Trinajstić information content (AvgIpc) is 2.61. The molecule has 0 saturated carbocycles. The Morgan fingerprint density at radius 2 is 2.17 bits per heavy atom. The Hall–Kier alpha value is -1.75. The van der Waals surface area contributed by atoms with Gasteiger partial charge in [0.15, 0.2) is 0 Å². The van der Waals surface area contributed by atoms with Crippen LogP contribution in [0.15, 0.2) is 18.2 Å². The molecule has 23 heavy (non-hydrogen) atoms. The van der Waals surface area contributed by atoms with Gasteiger partial charge in [-0.3, -0.25) is 4.79 Å². The van der Waals surface area contributed by atoms with E-state index in [1.54, 1.807) is 7.11 Å². The molecule has 126 valence electrons. The summed E-state index contributed by atoms with van der Waals surface area (Å²) in [5.74, 6) is 1.65. The largest absolute Gasteiger partial charge is 0.497 e. The predicted molar refractivity (Wildman–Crippen MR) is 89.0 cm³/mol. The summed E-state index contributed by atoms with van der Waals surface area (Å²) >= 11 is 0. The molecule has 1 saturated heterocycles. The van der Waals surface area contributed by atoms with Gasteiger partial charge < -0.3 is 19.7 Å². The predicted octanol–water partition coefficient (Wildman–Crippen LogP) is 1.85. The summed E-state index contributed by atoms with van der Waals surface area (Å²) < 4.78 is 11.0.